The highest BCUT2D eigenvalue weighted by Crippen LogP contribution is 2.57. The molecule has 2 aliphatic rings. The number of carbonyl (C=O) groups is 2. The Hall–Kier alpha value is -4.65. The summed E-state index contributed by atoms with van der Waals surface area (Å²) in [5, 5.41) is 16.7. The third-order valence-electron chi connectivity index (χ3n) is 7.97. The van der Waals surface area contributed by atoms with E-state index in [0.29, 0.717) is 44.7 Å². The minimum Gasteiger partial charge on any atom is -0.497 e. The smallest absolute Gasteiger partial charge is 0.497 e. The van der Waals surface area contributed by atoms with E-state index in [4.69, 9.17) is 31.0 Å². The summed E-state index contributed by atoms with van der Waals surface area (Å²) >= 11 is 6.24. The normalized spacial score (nSPS) is 16.3. The van der Waals surface area contributed by atoms with Gasteiger partial charge in [-0.15, -0.1) is 13.2 Å². The summed E-state index contributed by atoms with van der Waals surface area (Å²) in [6, 6.07) is 12.8. The molecule has 0 aromatic heterocycles. The minimum absolute atomic E-state index is 0.277. The van der Waals surface area contributed by atoms with Crippen LogP contribution >= 0.6 is 11.6 Å². The lowest BCUT2D eigenvalue weighted by Crippen LogP contribution is -2.38. The van der Waals surface area contributed by atoms with Crippen molar-refractivity contribution >= 4 is 40.6 Å². The third-order valence-corrected chi connectivity index (χ3v) is 8.20. The summed E-state index contributed by atoms with van der Waals surface area (Å²) in [7, 11) is 2.89. The van der Waals surface area contributed by atoms with Crippen molar-refractivity contribution in [3.8, 4) is 17.2 Å². The number of methoxy groups -OCH3 is 2. The lowest BCUT2D eigenvalue weighted by molar-refractivity contribution is -0.274. The van der Waals surface area contributed by atoms with Crippen molar-refractivity contribution in [3.05, 3.63) is 76.3 Å². The molecule has 2 atom stereocenters. The number of rotatable bonds is 11. The number of carboxylic acid groups (broad SMARTS) is 1. The largest absolute Gasteiger partial charge is 0.573 e. The van der Waals surface area contributed by atoms with Gasteiger partial charge in [-0.05, 0) is 62.6 Å². The van der Waals surface area contributed by atoms with Crippen molar-refractivity contribution < 1.29 is 46.9 Å². The minimum atomic E-state index is -4.90. The maximum Gasteiger partial charge on any atom is 0.573 e. The van der Waals surface area contributed by atoms with Crippen LogP contribution in [0.2, 0.25) is 5.02 Å². The zero-order valence-electron chi connectivity index (χ0n) is 25.3. The number of nitrogens with zero attached hydrogens (tertiary/aromatic N) is 2. The molecular weight excluding hydrogens is 631 g/mol. The molecule has 14 heteroatoms. The molecule has 0 bridgehead atoms. The number of hydrogen-bond donors (Lipinski definition) is 2. The lowest BCUT2D eigenvalue weighted by atomic mass is 9.99. The molecule has 1 saturated carbocycles. The van der Waals surface area contributed by atoms with Crippen molar-refractivity contribution in [2.24, 2.45) is 5.16 Å². The monoisotopic (exact) mass is 661 g/mol. The Morgan fingerprint density at radius 1 is 1.04 bits per heavy atom. The molecule has 0 saturated heterocycles. The molecule has 1 heterocycles. The predicted molar refractivity (Wildman–Crippen MR) is 164 cm³/mol. The topological polar surface area (TPSA) is 119 Å². The van der Waals surface area contributed by atoms with Crippen molar-refractivity contribution in [1.29, 1.82) is 0 Å². The second kappa shape index (κ2) is 12.6. The number of carboxylic acids is 1. The number of amides is 1. The SMILES string of the molecule is COc1cc(NC(C(=O)N2CC3(CC3)c3ccc(OC(F)(F)F)cc32)c2ccc(Cl)cc2OC)cc(C(C)=NOC(C)C(=O)O)c1. The first-order valence-corrected chi connectivity index (χ1v) is 14.6. The Labute approximate surface area is 267 Å². The van der Waals surface area contributed by atoms with Gasteiger partial charge in [0.15, 0.2) is 0 Å². The summed E-state index contributed by atoms with van der Waals surface area (Å²) in [5.74, 6) is -1.36. The molecule has 244 valence electrons. The molecule has 46 heavy (non-hydrogen) atoms. The van der Waals surface area contributed by atoms with Crippen molar-refractivity contribution in [3.63, 3.8) is 0 Å². The highest BCUT2D eigenvalue weighted by molar-refractivity contribution is 6.30. The van der Waals surface area contributed by atoms with E-state index in [0.717, 1.165) is 18.4 Å². The van der Waals surface area contributed by atoms with E-state index in [1.807, 2.05) is 0 Å². The molecule has 1 fully saturated rings. The standard InChI is InChI=1S/C32H31ClF3N3O7/c1-17(38-46-18(2)30(41)42)19-11-21(14-23(12-19)43-3)37-28(24-7-5-20(33)13-27(24)44-4)29(40)39-16-31(9-10-31)25-8-6-22(15-26(25)39)45-32(34,35)36/h5-8,11-15,18,28,37H,9-10,16H2,1-4H3,(H,41,42). The fraction of sp³-hybridized carbons (Fsp3) is 0.344. The zero-order valence-corrected chi connectivity index (χ0v) is 26.0. The van der Waals surface area contributed by atoms with E-state index < -0.39 is 36.1 Å². The van der Waals surface area contributed by atoms with Crippen LogP contribution in [0.25, 0.3) is 0 Å². The molecule has 0 radical (unpaired) electrons. The molecule has 1 amide bonds. The van der Waals surface area contributed by atoms with Gasteiger partial charge in [-0.3, -0.25) is 4.79 Å². The molecule has 1 spiro atoms. The number of halogens is 4. The van der Waals surface area contributed by atoms with Crippen LogP contribution in [0, 0.1) is 0 Å². The number of fused-ring (bicyclic) bond motifs is 2. The van der Waals surface area contributed by atoms with Crippen LogP contribution in [-0.2, 0) is 19.8 Å². The number of anilines is 2. The summed E-state index contributed by atoms with van der Waals surface area (Å²) in [4.78, 5) is 32.3. The van der Waals surface area contributed by atoms with Gasteiger partial charge in [0.25, 0.3) is 5.91 Å². The van der Waals surface area contributed by atoms with E-state index in [2.05, 4.69) is 15.2 Å². The number of alkyl halides is 3. The first-order valence-electron chi connectivity index (χ1n) is 14.2. The number of benzene rings is 3. The van der Waals surface area contributed by atoms with E-state index in [1.165, 1.54) is 38.2 Å². The summed E-state index contributed by atoms with van der Waals surface area (Å²) in [5.41, 5.74) is 2.45. The van der Waals surface area contributed by atoms with Gasteiger partial charge >= 0.3 is 12.3 Å². The van der Waals surface area contributed by atoms with Crippen molar-refractivity contribution in [2.75, 3.05) is 31.0 Å². The van der Waals surface area contributed by atoms with Crippen LogP contribution in [0.5, 0.6) is 17.2 Å². The third kappa shape index (κ3) is 6.94. The molecule has 10 nitrogen and oxygen atoms in total. The number of hydrogen-bond acceptors (Lipinski definition) is 8. The number of nitrogens with one attached hydrogen (secondary N) is 1. The van der Waals surface area contributed by atoms with Crippen LogP contribution in [0.4, 0.5) is 24.5 Å². The van der Waals surface area contributed by atoms with Gasteiger partial charge in [-0.25, -0.2) is 4.79 Å². The predicted octanol–water partition coefficient (Wildman–Crippen LogP) is 6.70. The molecule has 3 aromatic carbocycles. The van der Waals surface area contributed by atoms with Gasteiger partial charge in [0.2, 0.25) is 6.10 Å². The van der Waals surface area contributed by atoms with E-state index >= 15 is 0 Å². The van der Waals surface area contributed by atoms with Gasteiger partial charge in [0.05, 0.1) is 25.6 Å². The van der Waals surface area contributed by atoms with Crippen molar-refractivity contribution in [1.82, 2.24) is 0 Å². The molecule has 2 unspecified atom stereocenters. The second-order valence-corrected chi connectivity index (χ2v) is 11.5. The average Bonchev–Trinajstić information content (AvgIpc) is 3.72. The fourth-order valence-electron chi connectivity index (χ4n) is 5.41. The van der Waals surface area contributed by atoms with Crippen LogP contribution in [0.3, 0.4) is 0 Å². The molecule has 2 N–H and O–H groups in total. The van der Waals surface area contributed by atoms with Gasteiger partial charge in [-0.1, -0.05) is 28.9 Å². The molecule has 5 rings (SSSR count). The highest BCUT2D eigenvalue weighted by Gasteiger charge is 2.54. The van der Waals surface area contributed by atoms with E-state index in [9.17, 15) is 22.8 Å². The number of aliphatic carboxylic acids is 1. The summed E-state index contributed by atoms with van der Waals surface area (Å²) in [6.07, 6.45) is -4.52. The average molecular weight is 662 g/mol. The van der Waals surface area contributed by atoms with Gasteiger partial charge in [0.1, 0.15) is 23.3 Å². The van der Waals surface area contributed by atoms with E-state index in [-0.39, 0.29) is 12.0 Å². The fourth-order valence-corrected chi connectivity index (χ4v) is 5.57. The first kappa shape index (κ1) is 32.7. The summed E-state index contributed by atoms with van der Waals surface area (Å²) in [6.45, 7) is 3.24. The van der Waals surface area contributed by atoms with Gasteiger partial charge in [-0.2, -0.15) is 0 Å². The molecule has 1 aliphatic carbocycles. The Balaban J connectivity index is 1.56. The Morgan fingerprint density at radius 3 is 2.41 bits per heavy atom. The Morgan fingerprint density at radius 2 is 1.78 bits per heavy atom. The molecule has 3 aromatic rings. The number of oxime groups is 1. The maximum absolute atomic E-state index is 14.6. The quantitative estimate of drug-likeness (QED) is 0.172. The summed E-state index contributed by atoms with van der Waals surface area (Å²) < 4.78 is 54.6. The first-order chi connectivity index (χ1) is 21.7. The van der Waals surface area contributed by atoms with Gasteiger partial charge < -0.3 is 34.4 Å². The Bertz CT molecular complexity index is 1690. The van der Waals surface area contributed by atoms with Crippen LogP contribution in [0.1, 0.15) is 49.4 Å². The van der Waals surface area contributed by atoms with Crippen LogP contribution < -0.4 is 24.4 Å². The molecule has 1 aliphatic heterocycles. The molecular formula is C32H31ClF3N3O7. The van der Waals surface area contributed by atoms with Crippen LogP contribution in [0.15, 0.2) is 59.8 Å². The maximum atomic E-state index is 14.6. The second-order valence-electron chi connectivity index (χ2n) is 11.1. The lowest BCUT2D eigenvalue weighted by Gasteiger charge is -2.28. The zero-order chi connectivity index (χ0) is 33.4. The van der Waals surface area contributed by atoms with E-state index in [1.54, 1.807) is 49.4 Å². The van der Waals surface area contributed by atoms with Crippen molar-refractivity contribution in [2.45, 2.75) is 50.6 Å². The number of ether oxygens (including phenoxy) is 3. The van der Waals surface area contributed by atoms with Crippen LogP contribution in [-0.4, -0.2) is 55.9 Å². The van der Waals surface area contributed by atoms with Gasteiger partial charge in [0, 0.05) is 45.9 Å². The Kier molecular flexibility index (Phi) is 8.98. The number of carbonyl (C=O) groups excluding carboxylic acids is 1. The highest BCUT2D eigenvalue weighted by atomic mass is 35.5.